The number of anilines is 1. The SMILES string of the molecule is COc1ccc(-n2cc(-c3ccccc3)nc2NC(=O)CN(C(=O)c2ccc(C)cc2)C(C)C)cc1OC. The average molecular weight is 513 g/mol. The minimum atomic E-state index is -0.355. The van der Waals surface area contributed by atoms with Crippen LogP contribution in [0, 0.1) is 6.92 Å². The van der Waals surface area contributed by atoms with Gasteiger partial charge >= 0.3 is 0 Å². The molecule has 0 atom stereocenters. The number of nitrogens with one attached hydrogen (secondary N) is 1. The van der Waals surface area contributed by atoms with Gasteiger partial charge in [0.2, 0.25) is 11.9 Å². The number of benzene rings is 3. The number of hydrogen-bond acceptors (Lipinski definition) is 5. The molecule has 8 nitrogen and oxygen atoms in total. The zero-order chi connectivity index (χ0) is 27.2. The fourth-order valence-corrected chi connectivity index (χ4v) is 4.06. The fourth-order valence-electron chi connectivity index (χ4n) is 4.06. The minimum absolute atomic E-state index is 0.121. The van der Waals surface area contributed by atoms with E-state index in [4.69, 9.17) is 14.5 Å². The summed E-state index contributed by atoms with van der Waals surface area (Å²) in [6, 6.07) is 22.3. The standard InChI is InChI=1S/C30H32N4O4/c1-20(2)33(29(36)23-13-11-21(3)12-14-23)19-28(35)32-30-31-25(22-9-7-6-8-10-22)18-34(30)24-15-16-26(37-4)27(17-24)38-5/h6-18,20H,19H2,1-5H3,(H,31,32,35). The molecule has 38 heavy (non-hydrogen) atoms. The van der Waals surface area contributed by atoms with E-state index in [2.05, 4.69) is 5.32 Å². The molecule has 1 aromatic heterocycles. The summed E-state index contributed by atoms with van der Waals surface area (Å²) < 4.78 is 12.6. The van der Waals surface area contributed by atoms with Crippen molar-refractivity contribution in [2.75, 3.05) is 26.1 Å². The molecule has 0 bridgehead atoms. The second-order valence-corrected chi connectivity index (χ2v) is 9.17. The van der Waals surface area contributed by atoms with Crippen molar-refractivity contribution in [2.24, 2.45) is 0 Å². The quantitative estimate of drug-likeness (QED) is 0.327. The molecular weight excluding hydrogens is 480 g/mol. The van der Waals surface area contributed by atoms with Crippen molar-refractivity contribution < 1.29 is 19.1 Å². The van der Waals surface area contributed by atoms with Gasteiger partial charge in [0.25, 0.3) is 5.91 Å². The highest BCUT2D eigenvalue weighted by Gasteiger charge is 2.23. The number of rotatable bonds is 9. The van der Waals surface area contributed by atoms with Gasteiger partial charge in [-0.25, -0.2) is 4.98 Å². The maximum Gasteiger partial charge on any atom is 0.254 e. The molecule has 3 aromatic carbocycles. The highest BCUT2D eigenvalue weighted by molar-refractivity contribution is 5.99. The molecule has 0 unspecified atom stereocenters. The monoisotopic (exact) mass is 512 g/mol. The van der Waals surface area contributed by atoms with E-state index in [-0.39, 0.29) is 24.4 Å². The van der Waals surface area contributed by atoms with Crippen molar-refractivity contribution in [1.82, 2.24) is 14.5 Å². The molecule has 196 valence electrons. The van der Waals surface area contributed by atoms with E-state index >= 15 is 0 Å². The number of ether oxygens (including phenoxy) is 2. The van der Waals surface area contributed by atoms with Crippen molar-refractivity contribution in [3.05, 3.63) is 90.1 Å². The molecule has 0 aliphatic heterocycles. The summed E-state index contributed by atoms with van der Waals surface area (Å²) in [7, 11) is 3.14. The van der Waals surface area contributed by atoms with Gasteiger partial charge in [0.05, 0.1) is 25.6 Å². The Morgan fingerprint density at radius 3 is 2.26 bits per heavy atom. The van der Waals surface area contributed by atoms with E-state index in [9.17, 15) is 9.59 Å². The first kappa shape index (κ1) is 26.5. The summed E-state index contributed by atoms with van der Waals surface area (Å²) in [5.41, 5.74) is 3.92. The van der Waals surface area contributed by atoms with E-state index in [0.29, 0.717) is 28.7 Å². The summed E-state index contributed by atoms with van der Waals surface area (Å²) in [5, 5.41) is 2.91. The zero-order valence-corrected chi connectivity index (χ0v) is 22.3. The number of nitrogens with zero attached hydrogens (tertiary/aromatic N) is 3. The van der Waals surface area contributed by atoms with Crippen LogP contribution >= 0.6 is 0 Å². The van der Waals surface area contributed by atoms with E-state index in [1.54, 1.807) is 41.9 Å². The van der Waals surface area contributed by atoms with Crippen LogP contribution in [0.2, 0.25) is 0 Å². The average Bonchev–Trinajstić information content (AvgIpc) is 3.35. The van der Waals surface area contributed by atoms with E-state index in [1.165, 1.54) is 0 Å². The lowest BCUT2D eigenvalue weighted by Gasteiger charge is -2.26. The topological polar surface area (TPSA) is 85.7 Å². The first-order chi connectivity index (χ1) is 18.3. The van der Waals surface area contributed by atoms with Crippen LogP contribution in [0.3, 0.4) is 0 Å². The summed E-state index contributed by atoms with van der Waals surface area (Å²) >= 11 is 0. The van der Waals surface area contributed by atoms with Gasteiger partial charge in [-0.2, -0.15) is 0 Å². The van der Waals surface area contributed by atoms with Crippen LogP contribution in [0.15, 0.2) is 79.0 Å². The Balaban J connectivity index is 1.65. The fraction of sp³-hybridized carbons (Fsp3) is 0.233. The van der Waals surface area contributed by atoms with Crippen LogP contribution in [0.25, 0.3) is 16.9 Å². The second-order valence-electron chi connectivity index (χ2n) is 9.17. The number of carbonyl (C=O) groups excluding carboxylic acids is 2. The molecule has 8 heteroatoms. The molecule has 0 aliphatic rings. The van der Waals surface area contributed by atoms with Gasteiger partial charge in [-0.3, -0.25) is 19.5 Å². The molecule has 0 radical (unpaired) electrons. The number of imidazole rings is 1. The van der Waals surface area contributed by atoms with Crippen molar-refractivity contribution in [3.8, 4) is 28.4 Å². The Hall–Kier alpha value is -4.59. The third kappa shape index (κ3) is 5.86. The number of amides is 2. The molecule has 0 spiro atoms. The third-order valence-corrected chi connectivity index (χ3v) is 6.17. The molecule has 0 saturated carbocycles. The van der Waals surface area contributed by atoms with Gasteiger partial charge in [-0.15, -0.1) is 0 Å². The van der Waals surface area contributed by atoms with Crippen LogP contribution in [-0.4, -0.2) is 53.1 Å². The molecular formula is C30H32N4O4. The van der Waals surface area contributed by atoms with Crippen LogP contribution < -0.4 is 14.8 Å². The molecule has 0 saturated heterocycles. The molecule has 4 rings (SSSR count). The number of carbonyl (C=O) groups is 2. The predicted octanol–water partition coefficient (Wildman–Crippen LogP) is 5.35. The van der Waals surface area contributed by atoms with E-state index in [1.807, 2.05) is 81.6 Å². The van der Waals surface area contributed by atoms with Gasteiger partial charge in [0, 0.05) is 29.4 Å². The Morgan fingerprint density at radius 2 is 1.63 bits per heavy atom. The van der Waals surface area contributed by atoms with Gasteiger partial charge < -0.3 is 14.4 Å². The van der Waals surface area contributed by atoms with Crippen LogP contribution in [0.1, 0.15) is 29.8 Å². The maximum absolute atomic E-state index is 13.3. The van der Waals surface area contributed by atoms with Crippen LogP contribution in [0.5, 0.6) is 11.5 Å². The lowest BCUT2D eigenvalue weighted by Crippen LogP contribution is -2.42. The van der Waals surface area contributed by atoms with Crippen molar-refractivity contribution in [2.45, 2.75) is 26.8 Å². The minimum Gasteiger partial charge on any atom is -0.493 e. The Kier molecular flexibility index (Phi) is 8.11. The van der Waals surface area contributed by atoms with E-state index < -0.39 is 0 Å². The predicted molar refractivity (Wildman–Crippen MR) is 148 cm³/mol. The largest absolute Gasteiger partial charge is 0.493 e. The smallest absolute Gasteiger partial charge is 0.254 e. The molecule has 4 aromatic rings. The highest BCUT2D eigenvalue weighted by atomic mass is 16.5. The molecule has 2 amide bonds. The van der Waals surface area contributed by atoms with Crippen molar-refractivity contribution in [1.29, 1.82) is 0 Å². The van der Waals surface area contributed by atoms with Gasteiger partial charge in [0.15, 0.2) is 11.5 Å². The number of hydrogen-bond donors (Lipinski definition) is 1. The third-order valence-electron chi connectivity index (χ3n) is 6.17. The van der Waals surface area contributed by atoms with Gasteiger partial charge in [-0.1, -0.05) is 48.0 Å². The number of methoxy groups -OCH3 is 2. The summed E-state index contributed by atoms with van der Waals surface area (Å²) in [4.78, 5) is 32.7. The van der Waals surface area contributed by atoms with Gasteiger partial charge in [-0.05, 0) is 45.0 Å². The number of aromatic nitrogens is 2. The van der Waals surface area contributed by atoms with Crippen LogP contribution in [-0.2, 0) is 4.79 Å². The normalized spacial score (nSPS) is 10.8. The highest BCUT2D eigenvalue weighted by Crippen LogP contribution is 2.31. The number of aryl methyl sites for hydroxylation is 1. The van der Waals surface area contributed by atoms with Crippen LogP contribution in [0.4, 0.5) is 5.95 Å². The Labute approximate surface area is 222 Å². The first-order valence-corrected chi connectivity index (χ1v) is 12.4. The lowest BCUT2D eigenvalue weighted by atomic mass is 10.1. The summed E-state index contributed by atoms with van der Waals surface area (Å²) in [6.07, 6.45) is 1.85. The molecule has 0 fully saturated rings. The van der Waals surface area contributed by atoms with Crippen molar-refractivity contribution in [3.63, 3.8) is 0 Å². The second kappa shape index (κ2) is 11.6. The summed E-state index contributed by atoms with van der Waals surface area (Å²) in [5.74, 6) is 0.904. The molecule has 0 aliphatic carbocycles. The Bertz CT molecular complexity index is 1410. The maximum atomic E-state index is 13.3. The van der Waals surface area contributed by atoms with Crippen molar-refractivity contribution >= 4 is 17.8 Å². The Morgan fingerprint density at radius 1 is 0.947 bits per heavy atom. The lowest BCUT2D eigenvalue weighted by molar-refractivity contribution is -0.117. The van der Waals surface area contributed by atoms with E-state index in [0.717, 1.165) is 16.8 Å². The molecule has 1 heterocycles. The molecule has 1 N–H and O–H groups in total. The van der Waals surface area contributed by atoms with Gasteiger partial charge in [0.1, 0.15) is 6.54 Å². The first-order valence-electron chi connectivity index (χ1n) is 12.4. The summed E-state index contributed by atoms with van der Waals surface area (Å²) in [6.45, 7) is 5.62. The zero-order valence-electron chi connectivity index (χ0n) is 22.3.